The van der Waals surface area contributed by atoms with Crippen molar-refractivity contribution >= 4 is 27.3 Å². The molecule has 2 N–H and O–H groups in total. The van der Waals surface area contributed by atoms with Crippen LogP contribution in [0.1, 0.15) is 16.1 Å². The van der Waals surface area contributed by atoms with E-state index in [1.165, 1.54) is 35.6 Å². The molecular weight excluding hydrogens is 362 g/mol. The van der Waals surface area contributed by atoms with Crippen LogP contribution in [0.4, 0.5) is 0 Å². The topological polar surface area (TPSA) is 109 Å². The van der Waals surface area contributed by atoms with E-state index in [1.54, 1.807) is 17.8 Å². The summed E-state index contributed by atoms with van der Waals surface area (Å²) in [5.41, 5.74) is 1.54. The third kappa shape index (κ3) is 4.08. The van der Waals surface area contributed by atoms with Gasteiger partial charge < -0.3 is 5.11 Å². The molecule has 0 radical (unpaired) electrons. The molecule has 0 atom stereocenters. The molecule has 128 valence electrons. The van der Waals surface area contributed by atoms with Crippen molar-refractivity contribution in [1.82, 2.24) is 14.7 Å². The first-order chi connectivity index (χ1) is 12.0. The lowest BCUT2D eigenvalue weighted by atomic mass is 10.2. The number of nitrogens with one attached hydrogen (secondary N) is 1. The van der Waals surface area contributed by atoms with Gasteiger partial charge in [0.05, 0.1) is 22.7 Å². The number of nitrogens with zero attached hydrogens (tertiary/aromatic N) is 2. The van der Waals surface area contributed by atoms with Gasteiger partial charge in [0.25, 0.3) is 0 Å². The molecule has 9 heteroatoms. The maximum Gasteiger partial charge on any atom is 0.335 e. The van der Waals surface area contributed by atoms with Gasteiger partial charge in [-0.1, -0.05) is 0 Å². The predicted octanol–water partition coefficient (Wildman–Crippen LogP) is 2.38. The average molecular weight is 375 g/mol. The van der Waals surface area contributed by atoms with Crippen LogP contribution in [0.15, 0.2) is 59.1 Å². The maximum absolute atomic E-state index is 12.3. The summed E-state index contributed by atoms with van der Waals surface area (Å²) in [6.45, 7) is 0.0462. The van der Waals surface area contributed by atoms with Crippen molar-refractivity contribution in [3.8, 4) is 10.6 Å². The number of carboxylic acids is 1. The number of hydrogen-bond acceptors (Lipinski definition) is 6. The Kier molecular flexibility index (Phi) is 4.88. The number of pyridine rings is 1. The number of thiazole rings is 1. The van der Waals surface area contributed by atoms with E-state index < -0.39 is 16.0 Å². The highest BCUT2D eigenvalue weighted by Gasteiger charge is 2.15. The molecule has 0 aliphatic carbocycles. The van der Waals surface area contributed by atoms with Gasteiger partial charge in [-0.15, -0.1) is 11.3 Å². The van der Waals surface area contributed by atoms with Crippen molar-refractivity contribution in [3.63, 3.8) is 0 Å². The van der Waals surface area contributed by atoms with Crippen molar-refractivity contribution in [2.24, 2.45) is 0 Å². The first-order valence-corrected chi connectivity index (χ1v) is 9.50. The zero-order chi connectivity index (χ0) is 17.9. The molecule has 7 nitrogen and oxygen atoms in total. The van der Waals surface area contributed by atoms with Crippen LogP contribution >= 0.6 is 11.3 Å². The summed E-state index contributed by atoms with van der Waals surface area (Å²) in [6, 6.07) is 8.68. The molecule has 0 unspecified atom stereocenters. The van der Waals surface area contributed by atoms with Crippen LogP contribution < -0.4 is 4.72 Å². The van der Waals surface area contributed by atoms with E-state index >= 15 is 0 Å². The Morgan fingerprint density at radius 3 is 2.44 bits per heavy atom. The fourth-order valence-corrected chi connectivity index (χ4v) is 3.87. The lowest BCUT2D eigenvalue weighted by Crippen LogP contribution is -2.23. The molecule has 0 spiro atoms. The number of aromatic carboxylic acids is 1. The summed E-state index contributed by atoms with van der Waals surface area (Å²) < 4.78 is 27.0. The van der Waals surface area contributed by atoms with Crippen molar-refractivity contribution in [2.75, 3.05) is 0 Å². The second-order valence-corrected chi connectivity index (χ2v) is 7.66. The number of hydrogen-bond donors (Lipinski definition) is 2. The van der Waals surface area contributed by atoms with Crippen molar-refractivity contribution in [3.05, 3.63) is 65.4 Å². The van der Waals surface area contributed by atoms with Gasteiger partial charge in [0, 0.05) is 23.3 Å². The molecule has 25 heavy (non-hydrogen) atoms. The van der Waals surface area contributed by atoms with Gasteiger partial charge >= 0.3 is 5.97 Å². The van der Waals surface area contributed by atoms with Gasteiger partial charge in [0.1, 0.15) is 5.01 Å². The van der Waals surface area contributed by atoms with Gasteiger partial charge in [-0.25, -0.2) is 22.9 Å². The minimum Gasteiger partial charge on any atom is -0.478 e. The molecule has 0 saturated carbocycles. The highest BCUT2D eigenvalue weighted by atomic mass is 32.2. The molecule has 3 aromatic rings. The summed E-state index contributed by atoms with van der Waals surface area (Å²) in [6.07, 6.45) is 3.33. The summed E-state index contributed by atoms with van der Waals surface area (Å²) in [4.78, 5) is 19.2. The van der Waals surface area contributed by atoms with Gasteiger partial charge in [-0.05, 0) is 36.4 Å². The van der Waals surface area contributed by atoms with E-state index in [0.29, 0.717) is 5.69 Å². The van der Waals surface area contributed by atoms with Crippen LogP contribution in [-0.4, -0.2) is 29.5 Å². The Hall–Kier alpha value is -2.62. The van der Waals surface area contributed by atoms with Crippen LogP contribution in [0, 0.1) is 0 Å². The average Bonchev–Trinajstić information content (AvgIpc) is 3.10. The molecule has 2 aromatic heterocycles. The molecule has 0 amide bonds. The smallest absolute Gasteiger partial charge is 0.335 e. The lowest BCUT2D eigenvalue weighted by molar-refractivity contribution is 0.0696. The maximum atomic E-state index is 12.3. The summed E-state index contributed by atoms with van der Waals surface area (Å²) in [7, 11) is -3.74. The molecule has 2 heterocycles. The van der Waals surface area contributed by atoms with Crippen LogP contribution in [0.3, 0.4) is 0 Å². The molecule has 3 rings (SSSR count). The molecule has 0 bridgehead atoms. The van der Waals surface area contributed by atoms with Crippen LogP contribution in [0.2, 0.25) is 0 Å². The number of aromatic nitrogens is 2. The van der Waals surface area contributed by atoms with E-state index in [-0.39, 0.29) is 17.0 Å². The lowest BCUT2D eigenvalue weighted by Gasteiger charge is -2.05. The predicted molar refractivity (Wildman–Crippen MR) is 92.8 cm³/mol. The van der Waals surface area contributed by atoms with E-state index in [0.717, 1.165) is 10.6 Å². The standard InChI is InChI=1S/C16H13N3O4S2/c20-16(21)12-1-3-14(4-2-12)25(22,23)18-9-13-10-24-15(19-13)11-5-7-17-8-6-11/h1-8,10,18H,9H2,(H,20,21). The number of rotatable bonds is 6. The molecular formula is C16H13N3O4S2. The number of carboxylic acid groups (broad SMARTS) is 1. The van der Waals surface area contributed by atoms with Crippen LogP contribution in [0.5, 0.6) is 0 Å². The third-order valence-corrected chi connectivity index (χ3v) is 5.69. The number of carbonyl (C=O) groups is 1. The molecule has 0 aliphatic rings. The zero-order valence-electron chi connectivity index (χ0n) is 12.8. The largest absolute Gasteiger partial charge is 0.478 e. The fourth-order valence-electron chi connectivity index (χ4n) is 2.04. The Bertz CT molecular complexity index is 984. The van der Waals surface area contributed by atoms with Crippen molar-refractivity contribution in [1.29, 1.82) is 0 Å². The first-order valence-electron chi connectivity index (χ1n) is 7.13. The van der Waals surface area contributed by atoms with E-state index in [1.807, 2.05) is 12.1 Å². The van der Waals surface area contributed by atoms with Crippen LogP contribution in [-0.2, 0) is 16.6 Å². The second-order valence-electron chi connectivity index (χ2n) is 5.03. The van der Waals surface area contributed by atoms with Gasteiger partial charge in [0.15, 0.2) is 0 Å². The minimum atomic E-state index is -3.74. The van der Waals surface area contributed by atoms with Crippen molar-refractivity contribution < 1.29 is 18.3 Å². The Morgan fingerprint density at radius 2 is 1.80 bits per heavy atom. The monoisotopic (exact) mass is 375 g/mol. The molecule has 0 saturated heterocycles. The second kappa shape index (κ2) is 7.09. The summed E-state index contributed by atoms with van der Waals surface area (Å²) in [5.74, 6) is -1.11. The SMILES string of the molecule is O=C(O)c1ccc(S(=O)(=O)NCc2csc(-c3ccncc3)n2)cc1. The number of sulfonamides is 1. The molecule has 0 aliphatic heterocycles. The highest BCUT2D eigenvalue weighted by Crippen LogP contribution is 2.23. The molecule has 1 aromatic carbocycles. The Balaban J connectivity index is 1.70. The van der Waals surface area contributed by atoms with Gasteiger partial charge in [-0.3, -0.25) is 4.98 Å². The Labute approximate surface area is 148 Å². The highest BCUT2D eigenvalue weighted by molar-refractivity contribution is 7.89. The minimum absolute atomic E-state index is 0.00193. The summed E-state index contributed by atoms with van der Waals surface area (Å²) >= 11 is 1.42. The fraction of sp³-hybridized carbons (Fsp3) is 0.0625. The van der Waals surface area contributed by atoms with Crippen LogP contribution in [0.25, 0.3) is 10.6 Å². The molecule has 0 fully saturated rings. The van der Waals surface area contributed by atoms with E-state index in [9.17, 15) is 13.2 Å². The van der Waals surface area contributed by atoms with Gasteiger partial charge in [-0.2, -0.15) is 0 Å². The van der Waals surface area contributed by atoms with E-state index in [4.69, 9.17) is 5.11 Å². The quantitative estimate of drug-likeness (QED) is 0.685. The Morgan fingerprint density at radius 1 is 1.12 bits per heavy atom. The zero-order valence-corrected chi connectivity index (χ0v) is 14.4. The number of benzene rings is 1. The van der Waals surface area contributed by atoms with Gasteiger partial charge in [0.2, 0.25) is 10.0 Å². The first kappa shape index (κ1) is 17.2. The third-order valence-electron chi connectivity index (χ3n) is 3.33. The van der Waals surface area contributed by atoms with Crippen molar-refractivity contribution in [2.45, 2.75) is 11.4 Å². The normalized spacial score (nSPS) is 11.4. The van der Waals surface area contributed by atoms with E-state index in [2.05, 4.69) is 14.7 Å². The summed E-state index contributed by atoms with van der Waals surface area (Å²) in [5, 5.41) is 11.4.